The Labute approximate surface area is 194 Å². The number of hydrogen-bond donors (Lipinski definition) is 3. The minimum Gasteiger partial charge on any atom is -0.332 e. The monoisotopic (exact) mass is 529 g/mol. The number of hydrogen-bond acceptors (Lipinski definition) is 3. The van der Waals surface area contributed by atoms with Crippen molar-refractivity contribution in [1.29, 1.82) is 0 Å². The largest absolute Gasteiger partial charge is 0.332 e. The van der Waals surface area contributed by atoms with Crippen LogP contribution in [0, 0.1) is 3.57 Å². The lowest BCUT2D eigenvalue weighted by Crippen LogP contribution is -2.34. The van der Waals surface area contributed by atoms with E-state index >= 15 is 0 Å². The summed E-state index contributed by atoms with van der Waals surface area (Å²) in [5, 5.41) is 8.74. The van der Waals surface area contributed by atoms with Gasteiger partial charge < -0.3 is 10.6 Å². The summed E-state index contributed by atoms with van der Waals surface area (Å²) >= 11 is 7.33. The van der Waals surface area contributed by atoms with Crippen LogP contribution >= 0.6 is 34.8 Å². The van der Waals surface area contributed by atoms with Crippen LogP contribution in [0.2, 0.25) is 0 Å². The lowest BCUT2D eigenvalue weighted by molar-refractivity contribution is -0.116. The molecule has 0 atom stereocenters. The number of rotatable bonds is 6. The van der Waals surface area contributed by atoms with E-state index in [9.17, 15) is 9.59 Å². The molecule has 0 aliphatic carbocycles. The number of nitrogens with one attached hydrogen (secondary N) is 3. The molecule has 0 saturated carbocycles. The van der Waals surface area contributed by atoms with Gasteiger partial charge in [-0.3, -0.25) is 14.9 Å². The molecule has 3 aromatic rings. The number of carbonyl (C=O) groups is 2. The Morgan fingerprint density at radius 3 is 2.07 bits per heavy atom. The molecule has 0 unspecified atom stereocenters. The molecule has 0 radical (unpaired) electrons. The third-order valence-corrected chi connectivity index (χ3v) is 5.40. The molecule has 0 aliphatic heterocycles. The summed E-state index contributed by atoms with van der Waals surface area (Å²) < 4.78 is 0.850. The van der Waals surface area contributed by atoms with E-state index < -0.39 is 0 Å². The molecule has 0 fully saturated rings. The van der Waals surface area contributed by atoms with Crippen molar-refractivity contribution in [1.82, 2.24) is 5.32 Å². The van der Waals surface area contributed by atoms with Crippen molar-refractivity contribution in [3.05, 3.63) is 93.6 Å². The normalized spacial score (nSPS) is 10.2. The van der Waals surface area contributed by atoms with Gasteiger partial charge in [0.05, 0.1) is 5.56 Å². The van der Waals surface area contributed by atoms with Crippen LogP contribution < -0.4 is 16.0 Å². The lowest BCUT2D eigenvalue weighted by atomic mass is 10.1. The van der Waals surface area contributed by atoms with Crippen molar-refractivity contribution >= 4 is 63.1 Å². The van der Waals surface area contributed by atoms with Crippen LogP contribution in [0.3, 0.4) is 0 Å². The molecule has 3 N–H and O–H groups in total. The molecule has 0 saturated heterocycles. The molecule has 30 heavy (non-hydrogen) atoms. The van der Waals surface area contributed by atoms with Crippen LogP contribution in [-0.4, -0.2) is 16.9 Å². The maximum absolute atomic E-state index is 12.3. The van der Waals surface area contributed by atoms with Crippen LogP contribution in [0.5, 0.6) is 0 Å². The van der Waals surface area contributed by atoms with Gasteiger partial charge in [-0.1, -0.05) is 42.5 Å². The summed E-state index contributed by atoms with van der Waals surface area (Å²) in [6.07, 6.45) is 1.11. The Hall–Kier alpha value is -2.78. The summed E-state index contributed by atoms with van der Waals surface area (Å²) in [6.45, 7) is 0. The first kappa shape index (κ1) is 21.9. The third kappa shape index (κ3) is 6.64. The van der Waals surface area contributed by atoms with E-state index in [-0.39, 0.29) is 16.9 Å². The molecule has 0 aliphatic rings. The number of benzene rings is 3. The van der Waals surface area contributed by atoms with Gasteiger partial charge in [0.2, 0.25) is 5.91 Å². The molecule has 2 amide bonds. The topological polar surface area (TPSA) is 70.2 Å². The Morgan fingerprint density at radius 2 is 1.40 bits per heavy atom. The first-order chi connectivity index (χ1) is 14.5. The van der Waals surface area contributed by atoms with E-state index in [0.29, 0.717) is 29.8 Å². The highest BCUT2D eigenvalue weighted by Gasteiger charge is 2.11. The number of carbonyl (C=O) groups excluding carboxylic acids is 2. The minimum atomic E-state index is -0.264. The number of anilines is 2. The van der Waals surface area contributed by atoms with Gasteiger partial charge in [-0.05, 0) is 83.2 Å². The predicted octanol–water partition coefficient (Wildman–Crippen LogP) is 4.99. The highest BCUT2D eigenvalue weighted by molar-refractivity contribution is 14.1. The number of aryl methyl sites for hydroxylation is 1. The van der Waals surface area contributed by atoms with Gasteiger partial charge in [0.1, 0.15) is 0 Å². The van der Waals surface area contributed by atoms with Crippen molar-refractivity contribution in [2.45, 2.75) is 12.8 Å². The molecule has 0 aromatic heterocycles. The fourth-order valence-corrected chi connectivity index (χ4v) is 3.58. The molecule has 0 spiro atoms. The van der Waals surface area contributed by atoms with Gasteiger partial charge in [0.25, 0.3) is 5.91 Å². The van der Waals surface area contributed by atoms with Crippen molar-refractivity contribution in [2.75, 3.05) is 10.6 Å². The molecule has 0 bridgehead atoms. The second-order valence-electron chi connectivity index (χ2n) is 6.50. The lowest BCUT2D eigenvalue weighted by Gasteiger charge is -2.11. The van der Waals surface area contributed by atoms with Crippen LogP contribution in [-0.2, 0) is 11.2 Å². The van der Waals surface area contributed by atoms with E-state index in [0.717, 1.165) is 9.13 Å². The standard InChI is InChI=1S/C23H20IN3O2S/c24-20-9-5-4-8-19(20)22(29)27-23(30)26-18-13-11-17(12-14-18)25-21(28)15-10-16-6-2-1-3-7-16/h1-9,11-14H,10,15H2,(H,25,28)(H2,26,27,29,30). The number of halogens is 1. The zero-order chi connectivity index (χ0) is 21.3. The van der Waals surface area contributed by atoms with Gasteiger partial charge in [0.15, 0.2) is 5.11 Å². The molecule has 7 heteroatoms. The van der Waals surface area contributed by atoms with Crippen molar-refractivity contribution in [3.8, 4) is 0 Å². The van der Waals surface area contributed by atoms with Gasteiger partial charge in [0, 0.05) is 21.4 Å². The number of thiocarbonyl (C=S) groups is 1. The zero-order valence-electron chi connectivity index (χ0n) is 16.0. The summed E-state index contributed by atoms with van der Waals surface area (Å²) in [4.78, 5) is 24.5. The van der Waals surface area contributed by atoms with Crippen molar-refractivity contribution in [3.63, 3.8) is 0 Å². The van der Waals surface area contributed by atoms with Crippen molar-refractivity contribution in [2.24, 2.45) is 0 Å². The zero-order valence-corrected chi connectivity index (χ0v) is 19.0. The second kappa shape index (κ2) is 10.8. The molecule has 3 aromatic carbocycles. The highest BCUT2D eigenvalue weighted by atomic mass is 127. The molecular formula is C23H20IN3O2S. The second-order valence-corrected chi connectivity index (χ2v) is 8.07. The van der Waals surface area contributed by atoms with E-state index in [1.165, 1.54) is 0 Å². The molecular weight excluding hydrogens is 509 g/mol. The average molecular weight is 529 g/mol. The Kier molecular flexibility index (Phi) is 7.92. The third-order valence-electron chi connectivity index (χ3n) is 4.26. The average Bonchev–Trinajstić information content (AvgIpc) is 2.74. The van der Waals surface area contributed by atoms with E-state index in [1.54, 1.807) is 36.4 Å². The van der Waals surface area contributed by atoms with Crippen LogP contribution in [0.1, 0.15) is 22.3 Å². The predicted molar refractivity (Wildman–Crippen MR) is 133 cm³/mol. The van der Waals surface area contributed by atoms with E-state index in [4.69, 9.17) is 12.2 Å². The summed E-state index contributed by atoms with van der Waals surface area (Å²) in [5.41, 5.74) is 3.11. The first-order valence-corrected chi connectivity index (χ1v) is 10.8. The smallest absolute Gasteiger partial charge is 0.258 e. The molecule has 0 heterocycles. The maximum Gasteiger partial charge on any atom is 0.258 e. The first-order valence-electron chi connectivity index (χ1n) is 9.32. The van der Waals surface area contributed by atoms with Gasteiger partial charge in [-0.15, -0.1) is 0 Å². The Bertz CT molecular complexity index is 1040. The fourth-order valence-electron chi connectivity index (χ4n) is 2.74. The molecule has 5 nitrogen and oxygen atoms in total. The van der Waals surface area contributed by atoms with Crippen LogP contribution in [0.15, 0.2) is 78.9 Å². The Balaban J connectivity index is 1.48. The fraction of sp³-hybridized carbons (Fsp3) is 0.0870. The molecule has 152 valence electrons. The van der Waals surface area contributed by atoms with Gasteiger partial charge in [-0.2, -0.15) is 0 Å². The SMILES string of the molecule is O=C(CCc1ccccc1)Nc1ccc(NC(=S)NC(=O)c2ccccc2I)cc1. The minimum absolute atomic E-state index is 0.0418. The summed E-state index contributed by atoms with van der Waals surface area (Å²) in [5.74, 6) is -0.306. The number of amides is 2. The molecule has 3 rings (SSSR count). The van der Waals surface area contributed by atoms with Gasteiger partial charge >= 0.3 is 0 Å². The van der Waals surface area contributed by atoms with Gasteiger partial charge in [-0.25, -0.2) is 0 Å². The van der Waals surface area contributed by atoms with Crippen molar-refractivity contribution < 1.29 is 9.59 Å². The highest BCUT2D eigenvalue weighted by Crippen LogP contribution is 2.15. The Morgan fingerprint density at radius 1 is 0.800 bits per heavy atom. The van der Waals surface area contributed by atoms with Crippen LogP contribution in [0.4, 0.5) is 11.4 Å². The van der Waals surface area contributed by atoms with E-state index in [2.05, 4.69) is 38.5 Å². The summed E-state index contributed by atoms with van der Waals surface area (Å²) in [6, 6.07) is 24.3. The maximum atomic E-state index is 12.3. The van der Waals surface area contributed by atoms with E-state index in [1.807, 2.05) is 42.5 Å². The summed E-state index contributed by atoms with van der Waals surface area (Å²) in [7, 11) is 0. The quantitative estimate of drug-likeness (QED) is 0.311. The van der Waals surface area contributed by atoms with Crippen LogP contribution in [0.25, 0.3) is 0 Å².